The van der Waals surface area contributed by atoms with Gasteiger partial charge in [-0.1, -0.05) is 0 Å². The van der Waals surface area contributed by atoms with Gasteiger partial charge in [-0.2, -0.15) is 14.7 Å². The van der Waals surface area contributed by atoms with Crippen LogP contribution in [0.3, 0.4) is 0 Å². The maximum Gasteiger partial charge on any atom is 0.407 e. The van der Waals surface area contributed by atoms with Crippen molar-refractivity contribution < 1.29 is 32.6 Å². The van der Waals surface area contributed by atoms with Crippen LogP contribution in [0.1, 0.15) is 53.4 Å². The van der Waals surface area contributed by atoms with Crippen molar-refractivity contribution in [3.8, 4) is 17.3 Å². The van der Waals surface area contributed by atoms with Gasteiger partial charge in [-0.15, -0.1) is 0 Å². The molecule has 0 saturated carbocycles. The zero-order valence-corrected chi connectivity index (χ0v) is 26.4. The second kappa shape index (κ2) is 13.2. The number of carbonyl (C=O) groups excluding carboxylic acids is 2. The summed E-state index contributed by atoms with van der Waals surface area (Å²) in [5.41, 5.74) is -0.177. The third kappa shape index (κ3) is 7.57. The number of sulfonamides is 1. The fourth-order valence-electron chi connectivity index (χ4n) is 4.98. The number of carboxylic acid groups (broad SMARTS) is 1. The van der Waals surface area contributed by atoms with E-state index in [4.69, 9.17) is 4.74 Å². The van der Waals surface area contributed by atoms with Crippen LogP contribution < -0.4 is 10.6 Å². The largest absolute Gasteiger partial charge is 0.480 e. The van der Waals surface area contributed by atoms with Gasteiger partial charge in [-0.3, -0.25) is 9.25 Å². The third-order valence-electron chi connectivity index (χ3n) is 7.33. The van der Waals surface area contributed by atoms with Crippen LogP contribution in [0.4, 0.5) is 9.59 Å². The Hall–Kier alpha value is -4.56. The lowest BCUT2D eigenvalue weighted by molar-refractivity contribution is -0.139. The summed E-state index contributed by atoms with van der Waals surface area (Å²) in [4.78, 5) is 45.4. The van der Waals surface area contributed by atoms with Crippen LogP contribution in [-0.2, 0) is 25.1 Å². The van der Waals surface area contributed by atoms with Crippen molar-refractivity contribution in [1.29, 1.82) is 5.26 Å². The van der Waals surface area contributed by atoms with Crippen LogP contribution in [0.25, 0.3) is 22.3 Å². The number of nitrogens with zero attached hydrogens (tertiary/aromatic N) is 7. The van der Waals surface area contributed by atoms with Crippen LogP contribution >= 0.6 is 0 Å². The second-order valence-corrected chi connectivity index (χ2v) is 14.1. The lowest BCUT2D eigenvalue weighted by Gasteiger charge is -2.47. The number of nitrogens with one attached hydrogen (secondary N) is 2. The molecular weight excluding hydrogens is 606 g/mol. The van der Waals surface area contributed by atoms with Crippen molar-refractivity contribution in [3.05, 3.63) is 31.0 Å². The molecule has 0 spiro atoms. The molecule has 2 amide bonds. The molecule has 1 fully saturated rings. The Labute approximate surface area is 260 Å². The number of carbonyl (C=O) groups is 3. The Kier molecular flexibility index (Phi) is 9.78. The van der Waals surface area contributed by atoms with Gasteiger partial charge in [-0.05, 0) is 53.0 Å². The molecule has 45 heavy (non-hydrogen) atoms. The first kappa shape index (κ1) is 33.3. The summed E-state index contributed by atoms with van der Waals surface area (Å²) in [6.45, 7) is 7.36. The summed E-state index contributed by atoms with van der Waals surface area (Å²) in [6, 6.07) is 1.89. The number of unbranched alkanes of at least 4 members (excludes halogenated alkanes) is 1. The molecule has 4 rings (SSSR count). The molecule has 3 aromatic rings. The van der Waals surface area contributed by atoms with E-state index in [-0.39, 0.29) is 37.3 Å². The molecular formula is C28H37N9O7S. The van der Waals surface area contributed by atoms with E-state index in [1.54, 1.807) is 50.8 Å². The lowest BCUT2D eigenvalue weighted by atomic mass is 9.89. The van der Waals surface area contributed by atoms with Crippen LogP contribution in [0.15, 0.2) is 31.0 Å². The SMILES string of the molecule is CCS(=O)(=O)N1CC(CC#N)(n2cc(-c3ncnc4c3ccn4C(=O)N[C@@H](CCCCNC(=O)OC(C)(C)C)C(=O)O)cn2)C1. The molecule has 4 heterocycles. The first-order valence-corrected chi connectivity index (χ1v) is 16.0. The molecule has 1 aliphatic heterocycles. The highest BCUT2D eigenvalue weighted by atomic mass is 32.2. The van der Waals surface area contributed by atoms with E-state index in [0.717, 1.165) is 0 Å². The number of carboxylic acids is 1. The first-order chi connectivity index (χ1) is 21.2. The minimum absolute atomic E-state index is 0.0377. The van der Waals surface area contributed by atoms with Crippen LogP contribution in [0, 0.1) is 11.3 Å². The van der Waals surface area contributed by atoms with Gasteiger partial charge >= 0.3 is 18.1 Å². The Morgan fingerprint density at radius 1 is 1.22 bits per heavy atom. The van der Waals surface area contributed by atoms with Crippen molar-refractivity contribution in [2.75, 3.05) is 25.4 Å². The monoisotopic (exact) mass is 643 g/mol. The average molecular weight is 644 g/mol. The minimum Gasteiger partial charge on any atom is -0.480 e. The number of aliphatic carboxylic acids is 1. The van der Waals surface area contributed by atoms with Crippen molar-refractivity contribution in [1.82, 2.24) is 39.3 Å². The molecule has 1 aliphatic rings. The Morgan fingerprint density at radius 3 is 2.60 bits per heavy atom. The summed E-state index contributed by atoms with van der Waals surface area (Å²) in [5, 5.41) is 29.2. The zero-order valence-electron chi connectivity index (χ0n) is 25.6. The number of fused-ring (bicyclic) bond motifs is 1. The molecule has 1 atom stereocenters. The quantitative estimate of drug-likeness (QED) is 0.243. The Bertz CT molecular complexity index is 1710. The summed E-state index contributed by atoms with van der Waals surface area (Å²) in [6.07, 6.45) is 6.51. The van der Waals surface area contributed by atoms with Gasteiger partial charge in [0.25, 0.3) is 0 Å². The van der Waals surface area contributed by atoms with E-state index < -0.39 is 45.3 Å². The Balaban J connectivity index is 1.44. The maximum absolute atomic E-state index is 13.1. The predicted molar refractivity (Wildman–Crippen MR) is 161 cm³/mol. The smallest absolute Gasteiger partial charge is 0.407 e. The number of hydrogen-bond acceptors (Lipinski definition) is 10. The third-order valence-corrected chi connectivity index (χ3v) is 9.11. The highest BCUT2D eigenvalue weighted by molar-refractivity contribution is 7.89. The number of ether oxygens (including phenoxy) is 1. The van der Waals surface area contributed by atoms with Crippen molar-refractivity contribution in [2.24, 2.45) is 0 Å². The first-order valence-electron chi connectivity index (χ1n) is 14.4. The van der Waals surface area contributed by atoms with Gasteiger partial charge in [0.2, 0.25) is 10.0 Å². The fourth-order valence-corrected chi connectivity index (χ4v) is 6.22. The topological polar surface area (TPSA) is 214 Å². The number of hydrogen-bond donors (Lipinski definition) is 3. The average Bonchev–Trinajstić information content (AvgIpc) is 3.61. The van der Waals surface area contributed by atoms with E-state index in [9.17, 15) is 33.2 Å². The molecule has 17 heteroatoms. The molecule has 16 nitrogen and oxygen atoms in total. The van der Waals surface area contributed by atoms with Gasteiger partial charge in [0.05, 0.1) is 30.1 Å². The molecule has 0 aliphatic carbocycles. The molecule has 242 valence electrons. The highest BCUT2D eigenvalue weighted by Gasteiger charge is 2.49. The van der Waals surface area contributed by atoms with Crippen molar-refractivity contribution >= 4 is 39.2 Å². The summed E-state index contributed by atoms with van der Waals surface area (Å²) in [5.74, 6) is -1.24. The maximum atomic E-state index is 13.1. The van der Waals surface area contributed by atoms with E-state index in [2.05, 4.69) is 31.8 Å². The van der Waals surface area contributed by atoms with Crippen molar-refractivity contribution in [2.45, 2.75) is 70.6 Å². The Morgan fingerprint density at radius 2 is 1.96 bits per heavy atom. The summed E-state index contributed by atoms with van der Waals surface area (Å²) < 4.78 is 33.9. The molecule has 1 saturated heterocycles. The molecule has 0 radical (unpaired) electrons. The second-order valence-electron chi connectivity index (χ2n) is 11.8. The summed E-state index contributed by atoms with van der Waals surface area (Å²) in [7, 11) is -3.40. The normalized spacial score (nSPS) is 15.5. The van der Waals surface area contributed by atoms with Gasteiger partial charge < -0.3 is 20.5 Å². The number of aromatic nitrogens is 5. The molecule has 0 aromatic carbocycles. The molecule has 0 unspecified atom stereocenters. The van der Waals surface area contributed by atoms with Gasteiger partial charge in [0.15, 0.2) is 5.65 Å². The molecule has 3 N–H and O–H groups in total. The van der Waals surface area contributed by atoms with Crippen LogP contribution in [0.5, 0.6) is 0 Å². The lowest BCUT2D eigenvalue weighted by Crippen LogP contribution is -2.64. The molecule has 3 aromatic heterocycles. The summed E-state index contributed by atoms with van der Waals surface area (Å²) >= 11 is 0. The van der Waals surface area contributed by atoms with E-state index in [0.29, 0.717) is 36.0 Å². The van der Waals surface area contributed by atoms with Crippen molar-refractivity contribution in [3.63, 3.8) is 0 Å². The minimum atomic E-state index is -3.40. The number of nitriles is 1. The van der Waals surface area contributed by atoms with Gasteiger partial charge in [0, 0.05) is 43.0 Å². The number of alkyl carbamates (subject to hydrolysis) is 1. The number of rotatable bonds is 12. The zero-order chi connectivity index (χ0) is 33.0. The van der Waals surface area contributed by atoms with E-state index in [1.165, 1.54) is 21.4 Å². The molecule has 0 bridgehead atoms. The predicted octanol–water partition coefficient (Wildman–Crippen LogP) is 2.27. The van der Waals surface area contributed by atoms with Crippen LogP contribution in [-0.4, -0.2) is 97.3 Å². The van der Waals surface area contributed by atoms with Gasteiger partial charge in [0.1, 0.15) is 23.5 Å². The van der Waals surface area contributed by atoms with E-state index >= 15 is 0 Å². The van der Waals surface area contributed by atoms with Crippen LogP contribution in [0.2, 0.25) is 0 Å². The highest BCUT2D eigenvalue weighted by Crippen LogP contribution is 2.36. The van der Waals surface area contributed by atoms with E-state index in [1.807, 2.05) is 0 Å². The number of amides is 2. The fraction of sp³-hybridized carbons (Fsp3) is 0.536. The standard InChI is InChI=1S/C28H37N9O7S/c1-5-45(42,43)35-16-28(17-35,10-11-29)37-15-19(14-33-37)22-20-9-13-36(23(20)32-18-31-22)25(40)34-21(24(38)39)8-6-7-12-30-26(41)44-27(2,3)4/h9,13-15,18,21H,5-8,10,12,16-17H2,1-4H3,(H,30,41)(H,34,40)(H,38,39)/t21-/m0/s1. The van der Waals surface area contributed by atoms with Gasteiger partial charge in [-0.25, -0.2) is 32.8 Å².